The van der Waals surface area contributed by atoms with Gasteiger partial charge in [0, 0.05) is 42.3 Å². The molecule has 0 unspecified atom stereocenters. The molecule has 3 heteroatoms. The molecule has 1 aromatic heterocycles. The van der Waals surface area contributed by atoms with Crippen molar-refractivity contribution in [3.63, 3.8) is 0 Å². The van der Waals surface area contributed by atoms with Crippen LogP contribution in [-0.2, 0) is 0 Å². The molecule has 1 nitrogen and oxygen atoms in total. The van der Waals surface area contributed by atoms with Gasteiger partial charge in [-0.15, -0.1) is 11.3 Å². The lowest BCUT2D eigenvalue weighted by Crippen LogP contribution is -2.11. The molecule has 0 aliphatic heterocycles. The maximum absolute atomic E-state index is 14.4. The highest BCUT2D eigenvalue weighted by molar-refractivity contribution is 7.26. The van der Waals surface area contributed by atoms with E-state index in [0.717, 1.165) is 38.6 Å². The molecule has 49 heavy (non-hydrogen) atoms. The molecule has 0 atom stereocenters. The van der Waals surface area contributed by atoms with Crippen LogP contribution in [0.3, 0.4) is 0 Å². The fourth-order valence-corrected chi connectivity index (χ4v) is 8.79. The molecule has 10 aromatic rings. The van der Waals surface area contributed by atoms with Crippen LogP contribution in [0, 0.1) is 5.82 Å². The topological polar surface area (TPSA) is 3.24 Å². The van der Waals surface area contributed by atoms with E-state index in [9.17, 15) is 4.39 Å². The zero-order valence-electron chi connectivity index (χ0n) is 26.4. The first-order valence-corrected chi connectivity index (χ1v) is 17.4. The first-order valence-electron chi connectivity index (χ1n) is 16.5. The summed E-state index contributed by atoms with van der Waals surface area (Å²) in [7, 11) is 0. The highest BCUT2D eigenvalue weighted by atomic mass is 32.1. The fraction of sp³-hybridized carbons (Fsp3) is 0. The van der Waals surface area contributed by atoms with E-state index in [1.165, 1.54) is 52.8 Å². The Morgan fingerprint density at radius 3 is 1.80 bits per heavy atom. The molecule has 0 bridgehead atoms. The summed E-state index contributed by atoms with van der Waals surface area (Å²) >= 11 is 1.83. The van der Waals surface area contributed by atoms with Crippen LogP contribution >= 0.6 is 11.3 Å². The first-order chi connectivity index (χ1) is 24.2. The Labute approximate surface area is 286 Å². The number of benzene rings is 9. The molecule has 0 spiro atoms. The second-order valence-corrected chi connectivity index (χ2v) is 13.7. The van der Waals surface area contributed by atoms with E-state index < -0.39 is 0 Å². The van der Waals surface area contributed by atoms with E-state index in [0.29, 0.717) is 0 Å². The van der Waals surface area contributed by atoms with Crippen LogP contribution < -0.4 is 4.90 Å². The van der Waals surface area contributed by atoms with Gasteiger partial charge in [0.15, 0.2) is 0 Å². The Hall–Kier alpha value is -6.03. The lowest BCUT2D eigenvalue weighted by molar-refractivity contribution is 0.628. The predicted octanol–water partition coefficient (Wildman–Crippen LogP) is 13.9. The third kappa shape index (κ3) is 4.43. The Kier molecular flexibility index (Phi) is 6.30. The summed E-state index contributed by atoms with van der Waals surface area (Å²) in [5.74, 6) is -0.252. The van der Waals surface area contributed by atoms with E-state index >= 15 is 0 Å². The van der Waals surface area contributed by atoms with E-state index in [4.69, 9.17) is 0 Å². The molecule has 0 saturated carbocycles. The van der Waals surface area contributed by atoms with Gasteiger partial charge in [0.25, 0.3) is 0 Å². The van der Waals surface area contributed by atoms with E-state index in [-0.39, 0.29) is 5.82 Å². The molecular formula is C46H28FNS. The molecule has 0 N–H and O–H groups in total. The minimum atomic E-state index is -0.252. The number of thiophene rings is 1. The van der Waals surface area contributed by atoms with Crippen molar-refractivity contribution in [3.8, 4) is 11.1 Å². The maximum atomic E-state index is 14.4. The van der Waals surface area contributed by atoms with Crippen LogP contribution in [-0.4, -0.2) is 0 Å². The summed E-state index contributed by atoms with van der Waals surface area (Å²) in [5.41, 5.74) is 5.47. The predicted molar refractivity (Wildman–Crippen MR) is 209 cm³/mol. The molecule has 9 aromatic carbocycles. The molecule has 10 rings (SSSR count). The molecule has 230 valence electrons. The van der Waals surface area contributed by atoms with Crippen molar-refractivity contribution in [1.82, 2.24) is 0 Å². The third-order valence-corrected chi connectivity index (χ3v) is 11.0. The van der Waals surface area contributed by atoms with Gasteiger partial charge in [0.1, 0.15) is 5.82 Å². The first kappa shape index (κ1) is 28.0. The Balaban J connectivity index is 1.27. The van der Waals surface area contributed by atoms with Crippen molar-refractivity contribution in [3.05, 3.63) is 176 Å². The number of fused-ring (bicyclic) bond motifs is 8. The van der Waals surface area contributed by atoms with Gasteiger partial charge in [-0.05, 0) is 98.0 Å². The minimum Gasteiger partial charge on any atom is -0.309 e. The lowest BCUT2D eigenvalue weighted by atomic mass is 9.92. The summed E-state index contributed by atoms with van der Waals surface area (Å²) in [6, 6.07) is 59.5. The standard InChI is InChI=1S/C46H28FNS/c47-32-20-22-33(23-21-32)48(46-36-13-5-2-10-30(36)27-31-11-3-6-14-37(31)46)34-24-26-43-42(28-34)45-41(17-8-18-44(45)49-43)39-16-7-15-38-35-12-4-1-9-29(35)19-25-40(38)39/h1-28H. The van der Waals surface area contributed by atoms with E-state index in [2.05, 4.69) is 150 Å². The number of anilines is 3. The van der Waals surface area contributed by atoms with Crippen molar-refractivity contribution in [2.24, 2.45) is 0 Å². The minimum absolute atomic E-state index is 0.252. The number of hydrogen-bond acceptors (Lipinski definition) is 2. The quantitative estimate of drug-likeness (QED) is 0.136. The van der Waals surface area contributed by atoms with Gasteiger partial charge in [-0.3, -0.25) is 0 Å². The lowest BCUT2D eigenvalue weighted by Gasteiger charge is -2.28. The van der Waals surface area contributed by atoms with Crippen LogP contribution in [0.15, 0.2) is 170 Å². The van der Waals surface area contributed by atoms with E-state index in [1.54, 1.807) is 12.1 Å². The van der Waals surface area contributed by atoms with Crippen molar-refractivity contribution in [2.75, 3.05) is 4.90 Å². The molecule has 0 saturated heterocycles. The highest BCUT2D eigenvalue weighted by Crippen LogP contribution is 2.47. The van der Waals surface area contributed by atoms with E-state index in [1.807, 2.05) is 23.5 Å². The molecule has 1 heterocycles. The fourth-order valence-electron chi connectivity index (χ4n) is 7.68. The number of rotatable bonds is 4. The van der Waals surface area contributed by atoms with Crippen LogP contribution in [0.25, 0.3) is 74.4 Å². The van der Waals surface area contributed by atoms with Crippen LogP contribution in [0.2, 0.25) is 0 Å². The maximum Gasteiger partial charge on any atom is 0.123 e. The zero-order valence-corrected chi connectivity index (χ0v) is 27.2. The number of nitrogens with zero attached hydrogens (tertiary/aromatic N) is 1. The van der Waals surface area contributed by atoms with Crippen LogP contribution in [0.1, 0.15) is 0 Å². The monoisotopic (exact) mass is 645 g/mol. The number of hydrogen-bond donors (Lipinski definition) is 0. The van der Waals surface area contributed by atoms with Crippen molar-refractivity contribution in [1.29, 1.82) is 0 Å². The average Bonchev–Trinajstić information content (AvgIpc) is 3.53. The van der Waals surface area contributed by atoms with Gasteiger partial charge in [0.2, 0.25) is 0 Å². The molecule has 0 amide bonds. The SMILES string of the molecule is Fc1ccc(N(c2ccc3sc4cccc(-c5cccc6c5ccc5ccccc56)c4c3c2)c2c3ccccc3cc3ccccc23)cc1. The van der Waals surface area contributed by atoms with Gasteiger partial charge in [0.05, 0.1) is 5.69 Å². The summed E-state index contributed by atoms with van der Waals surface area (Å²) in [5, 5.41) is 12.1. The van der Waals surface area contributed by atoms with Crippen molar-refractivity contribution < 1.29 is 4.39 Å². The van der Waals surface area contributed by atoms with Crippen LogP contribution in [0.4, 0.5) is 21.5 Å². The largest absolute Gasteiger partial charge is 0.309 e. The smallest absolute Gasteiger partial charge is 0.123 e. The Morgan fingerprint density at radius 2 is 1.02 bits per heavy atom. The van der Waals surface area contributed by atoms with Crippen molar-refractivity contribution in [2.45, 2.75) is 0 Å². The Morgan fingerprint density at radius 1 is 0.388 bits per heavy atom. The normalized spacial score (nSPS) is 11.8. The van der Waals surface area contributed by atoms with Gasteiger partial charge in [-0.25, -0.2) is 4.39 Å². The van der Waals surface area contributed by atoms with Gasteiger partial charge < -0.3 is 4.90 Å². The van der Waals surface area contributed by atoms with Gasteiger partial charge >= 0.3 is 0 Å². The second kappa shape index (κ2) is 11.0. The van der Waals surface area contributed by atoms with Gasteiger partial charge in [-0.1, -0.05) is 115 Å². The summed E-state index contributed by atoms with van der Waals surface area (Å²) in [6.45, 7) is 0. The summed E-state index contributed by atoms with van der Waals surface area (Å²) in [4.78, 5) is 2.31. The molecular weight excluding hydrogens is 618 g/mol. The van der Waals surface area contributed by atoms with Crippen LogP contribution in [0.5, 0.6) is 0 Å². The molecule has 0 fully saturated rings. The highest BCUT2D eigenvalue weighted by Gasteiger charge is 2.21. The molecule has 0 aliphatic carbocycles. The third-order valence-electron chi connectivity index (χ3n) is 9.86. The average molecular weight is 646 g/mol. The summed E-state index contributed by atoms with van der Waals surface area (Å²) in [6.07, 6.45) is 0. The zero-order chi connectivity index (χ0) is 32.5. The summed E-state index contributed by atoms with van der Waals surface area (Å²) < 4.78 is 16.9. The number of halogens is 1. The van der Waals surface area contributed by atoms with Gasteiger partial charge in [-0.2, -0.15) is 0 Å². The molecule has 0 radical (unpaired) electrons. The second-order valence-electron chi connectivity index (χ2n) is 12.6. The van der Waals surface area contributed by atoms with Crippen molar-refractivity contribution >= 4 is 91.7 Å². The Bertz CT molecular complexity index is 2850. The molecule has 0 aliphatic rings.